The number of carbonyl (C=O) groups is 2. The smallest absolute Gasteiger partial charge is 0.279 e. The van der Waals surface area contributed by atoms with Gasteiger partial charge in [-0.2, -0.15) is 0 Å². The Bertz CT molecular complexity index is 2990. The molecule has 2 aromatic heterocycles. The molecule has 0 radical (unpaired) electrons. The van der Waals surface area contributed by atoms with E-state index in [1.54, 1.807) is 97.1 Å². The number of aromatic nitrogens is 2. The van der Waals surface area contributed by atoms with Crippen LogP contribution < -0.4 is 20.1 Å². The van der Waals surface area contributed by atoms with Crippen molar-refractivity contribution >= 4 is 45.0 Å². The first-order valence-electron chi connectivity index (χ1n) is 20.0. The van der Waals surface area contributed by atoms with Crippen LogP contribution >= 0.6 is 0 Å². The second-order valence-electron chi connectivity index (χ2n) is 14.5. The third kappa shape index (κ3) is 10.4. The van der Waals surface area contributed by atoms with E-state index in [2.05, 4.69) is 20.6 Å². The van der Waals surface area contributed by atoms with E-state index in [9.17, 15) is 40.0 Å². The van der Waals surface area contributed by atoms with Gasteiger partial charge in [-0.25, -0.2) is 0 Å². The molecule has 0 aliphatic heterocycles. The van der Waals surface area contributed by atoms with E-state index in [-0.39, 0.29) is 69.0 Å². The molecule has 2 unspecified atom stereocenters. The number of nitrogens with zero attached hydrogens (tertiary/aromatic N) is 4. The minimum Gasteiger partial charge on any atom is -0.505 e. The molecule has 2 amide bonds. The highest BCUT2D eigenvalue weighted by Crippen LogP contribution is 2.41. The fourth-order valence-electron chi connectivity index (χ4n) is 7.16. The summed E-state index contributed by atoms with van der Waals surface area (Å²) >= 11 is 0. The quantitative estimate of drug-likeness (QED) is 0.0595. The van der Waals surface area contributed by atoms with Gasteiger partial charge in [-0.3, -0.25) is 39.8 Å². The van der Waals surface area contributed by atoms with Gasteiger partial charge in [-0.15, -0.1) is 0 Å². The van der Waals surface area contributed by atoms with Gasteiger partial charge in [0.25, 0.3) is 23.2 Å². The molecular weight excluding hydrogens is 833 g/mol. The molecule has 0 fully saturated rings. The van der Waals surface area contributed by atoms with Gasteiger partial charge >= 0.3 is 0 Å². The molecule has 65 heavy (non-hydrogen) atoms. The molecule has 8 rings (SSSR count). The second-order valence-corrected chi connectivity index (χ2v) is 14.5. The Morgan fingerprint density at radius 1 is 0.569 bits per heavy atom. The molecule has 2 heterocycles. The monoisotopic (exact) mass is 872 g/mol. The van der Waals surface area contributed by atoms with Crippen LogP contribution in [-0.2, 0) is 9.59 Å². The molecule has 0 saturated heterocycles. The lowest BCUT2D eigenvalue weighted by atomic mass is 9.92. The van der Waals surface area contributed by atoms with Gasteiger partial charge < -0.3 is 30.3 Å². The van der Waals surface area contributed by atoms with Crippen molar-refractivity contribution in [3.63, 3.8) is 0 Å². The van der Waals surface area contributed by atoms with E-state index in [1.807, 2.05) is 37.3 Å². The first kappa shape index (κ1) is 44.1. The van der Waals surface area contributed by atoms with Gasteiger partial charge in [0.05, 0.1) is 32.7 Å². The van der Waals surface area contributed by atoms with Crippen molar-refractivity contribution in [1.29, 1.82) is 0 Å². The number of aryl methyl sites for hydroxylation is 1. The normalized spacial score (nSPS) is 11.6. The predicted molar refractivity (Wildman–Crippen MR) is 242 cm³/mol. The number of ether oxygens (including phenoxy) is 2. The molecule has 0 spiro atoms. The molecule has 16 heteroatoms. The van der Waals surface area contributed by atoms with Crippen molar-refractivity contribution in [2.24, 2.45) is 0 Å². The van der Waals surface area contributed by atoms with Crippen LogP contribution in [0.25, 0.3) is 21.8 Å². The summed E-state index contributed by atoms with van der Waals surface area (Å²) in [4.78, 5) is 56.2. The Hall–Kier alpha value is -8.92. The van der Waals surface area contributed by atoms with E-state index < -0.39 is 33.7 Å². The number of carbonyl (C=O) groups excluding carboxylic acids is 2. The number of non-ortho nitro benzene ring substituents is 2. The number of aromatic hydroxyl groups is 2. The molecule has 16 nitrogen and oxygen atoms in total. The van der Waals surface area contributed by atoms with Crippen molar-refractivity contribution < 1.29 is 39.1 Å². The summed E-state index contributed by atoms with van der Waals surface area (Å²) in [6, 6.07) is 41.0. The molecule has 4 N–H and O–H groups in total. The van der Waals surface area contributed by atoms with E-state index in [1.165, 1.54) is 36.7 Å². The Morgan fingerprint density at radius 2 is 0.985 bits per heavy atom. The maximum atomic E-state index is 12.8. The summed E-state index contributed by atoms with van der Waals surface area (Å²) in [7, 11) is 0. The van der Waals surface area contributed by atoms with E-state index >= 15 is 0 Å². The van der Waals surface area contributed by atoms with E-state index in [4.69, 9.17) is 9.47 Å². The summed E-state index contributed by atoms with van der Waals surface area (Å²) in [6.07, 6.45) is 2.89. The highest BCUT2D eigenvalue weighted by Gasteiger charge is 2.29. The van der Waals surface area contributed by atoms with Crippen LogP contribution in [-0.4, -0.2) is 55.1 Å². The summed E-state index contributed by atoms with van der Waals surface area (Å²) < 4.78 is 11.0. The number of benzene rings is 6. The van der Waals surface area contributed by atoms with E-state index in [0.29, 0.717) is 22.6 Å². The lowest BCUT2D eigenvalue weighted by Crippen LogP contribution is -2.33. The summed E-state index contributed by atoms with van der Waals surface area (Å²) in [5.74, 6) is -0.292. The van der Waals surface area contributed by atoms with Crippen molar-refractivity contribution in [2.45, 2.75) is 19.0 Å². The number of amides is 2. The first-order chi connectivity index (χ1) is 31.5. The van der Waals surface area contributed by atoms with Crippen molar-refractivity contribution in [3.05, 3.63) is 212 Å². The number of fused-ring (bicyclic) bond motifs is 2. The second kappa shape index (κ2) is 20.3. The van der Waals surface area contributed by atoms with E-state index in [0.717, 1.165) is 5.56 Å². The van der Waals surface area contributed by atoms with Crippen molar-refractivity contribution in [1.82, 2.24) is 20.6 Å². The minimum absolute atomic E-state index is 0.0902. The van der Waals surface area contributed by atoms with Gasteiger partial charge in [-0.1, -0.05) is 91.0 Å². The molecular formula is C49H40N6O10. The lowest BCUT2D eigenvalue weighted by molar-refractivity contribution is -0.383. The van der Waals surface area contributed by atoms with Crippen LogP contribution in [0.2, 0.25) is 0 Å². The third-order valence-corrected chi connectivity index (χ3v) is 10.2. The molecule has 2 atom stereocenters. The fraction of sp³-hybridized carbons (Fsp3) is 0.102. The van der Waals surface area contributed by atoms with Crippen LogP contribution in [0.15, 0.2) is 164 Å². The predicted octanol–water partition coefficient (Wildman–Crippen LogP) is 8.57. The summed E-state index contributed by atoms with van der Waals surface area (Å²) in [6.45, 7) is 1.34. The summed E-state index contributed by atoms with van der Waals surface area (Å²) in [5, 5.41) is 51.6. The average molecular weight is 873 g/mol. The number of nitrogens with one attached hydrogen (secondary N) is 2. The maximum absolute atomic E-state index is 12.8. The Labute approximate surface area is 371 Å². The van der Waals surface area contributed by atoms with Gasteiger partial charge in [0.2, 0.25) is 0 Å². The van der Waals surface area contributed by atoms with Gasteiger partial charge in [0.1, 0.15) is 34.0 Å². The zero-order valence-electron chi connectivity index (χ0n) is 34.6. The number of rotatable bonds is 14. The number of hydrogen-bond donors (Lipinski definition) is 4. The summed E-state index contributed by atoms with van der Waals surface area (Å²) in [5.41, 5.74) is 2.27. The molecule has 0 bridgehead atoms. The number of para-hydroxylation sites is 2. The number of phenols is 2. The number of nitro benzene ring substituents is 2. The topological polar surface area (TPSA) is 229 Å². The number of nitro groups is 2. The standard InChI is InChI=1S/C25H21N3O5.C24H19N3O5/c1-16-8-5-6-11-18(16)23(27-22(29)15-33-17-9-3-2-4-10-17)20-14-21(28(31)32)19-12-7-13-26-24(19)25(20)30;28-21(15-32-17-10-5-2-6-11-17)26-22(16-8-3-1-4-9-16)19-14-20(27(30)31)18-12-7-13-25-23(18)24(19)29/h2-14,23,30H,15H2,1H3,(H,27,29);1-14,22,29H,15H2,(H,26,28). The Morgan fingerprint density at radius 3 is 1.45 bits per heavy atom. The minimum atomic E-state index is -0.858. The molecule has 0 saturated carbocycles. The zero-order valence-corrected chi connectivity index (χ0v) is 34.6. The van der Waals surface area contributed by atoms with Crippen LogP contribution in [0, 0.1) is 27.2 Å². The average Bonchev–Trinajstić information content (AvgIpc) is 3.33. The van der Waals surface area contributed by atoms with Crippen LogP contribution in [0.4, 0.5) is 11.4 Å². The number of hydrogen-bond acceptors (Lipinski definition) is 12. The molecule has 326 valence electrons. The Kier molecular flexibility index (Phi) is 13.8. The lowest BCUT2D eigenvalue weighted by Gasteiger charge is -2.23. The van der Waals surface area contributed by atoms with Gasteiger partial charge in [0, 0.05) is 35.7 Å². The van der Waals surface area contributed by atoms with Gasteiger partial charge in [0.15, 0.2) is 13.2 Å². The third-order valence-electron chi connectivity index (χ3n) is 10.2. The fourth-order valence-corrected chi connectivity index (χ4v) is 7.16. The van der Waals surface area contributed by atoms with Crippen LogP contribution in [0.3, 0.4) is 0 Å². The number of pyridine rings is 2. The largest absolute Gasteiger partial charge is 0.505 e. The molecule has 0 aliphatic rings. The maximum Gasteiger partial charge on any atom is 0.279 e. The molecule has 8 aromatic rings. The van der Waals surface area contributed by atoms with Crippen LogP contribution in [0.1, 0.15) is 39.9 Å². The SMILES string of the molecule is Cc1ccccc1C(NC(=O)COc1ccccc1)c1cc([N+](=O)[O-])c2cccnc2c1O.O=C(COc1ccccc1)NC(c1ccccc1)c1cc([N+](=O)[O-])c2cccnc2c1O. The molecule has 0 aliphatic carbocycles. The molecule has 6 aromatic carbocycles. The Balaban J connectivity index is 0.000000194. The highest BCUT2D eigenvalue weighted by atomic mass is 16.6. The van der Waals surface area contributed by atoms with Crippen LogP contribution in [0.5, 0.6) is 23.0 Å². The first-order valence-corrected chi connectivity index (χ1v) is 20.0. The van der Waals surface area contributed by atoms with Crippen molar-refractivity contribution in [3.8, 4) is 23.0 Å². The van der Waals surface area contributed by atoms with Crippen molar-refractivity contribution in [2.75, 3.05) is 13.2 Å². The van der Waals surface area contributed by atoms with Gasteiger partial charge in [-0.05, 0) is 72.1 Å². The highest BCUT2D eigenvalue weighted by molar-refractivity contribution is 5.95. The zero-order chi connectivity index (χ0) is 45.9. The number of phenolic OH excluding ortho intramolecular Hbond substituents is 2.